The van der Waals surface area contributed by atoms with Gasteiger partial charge in [-0.25, -0.2) is 0 Å². The number of anilines is 6. The first-order valence-electron chi connectivity index (χ1n) is 23.5. The summed E-state index contributed by atoms with van der Waals surface area (Å²) in [6, 6.07) is 96.3. The van der Waals surface area contributed by atoms with Crippen molar-refractivity contribution in [3.05, 3.63) is 283 Å². The Kier molecular flexibility index (Phi) is 8.50. The minimum atomic E-state index is -0.651. The third-order valence-electron chi connectivity index (χ3n) is 14.5. The van der Waals surface area contributed by atoms with Gasteiger partial charge in [-0.15, -0.1) is 0 Å². The number of fused-ring (bicyclic) bond motifs is 14. The number of para-hydroxylation sites is 4. The highest BCUT2D eigenvalue weighted by atomic mass is 15.2. The largest absolute Gasteiger partial charge is 0.310 e. The van der Waals surface area contributed by atoms with Crippen molar-refractivity contribution in [1.82, 2.24) is 4.57 Å². The fraction of sp³-hybridized carbons (Fsp3) is 0.0154. The highest BCUT2D eigenvalue weighted by molar-refractivity contribution is 6.11. The molecule has 0 radical (unpaired) electrons. The first kappa shape index (κ1) is 38.4. The lowest BCUT2D eigenvalue weighted by Gasteiger charge is -2.36. The quantitative estimate of drug-likeness (QED) is 0.158. The van der Waals surface area contributed by atoms with Crippen LogP contribution in [0.1, 0.15) is 22.3 Å². The lowest BCUT2D eigenvalue weighted by molar-refractivity contribution is 0.793. The second kappa shape index (κ2) is 15.1. The Labute approximate surface area is 395 Å². The van der Waals surface area contributed by atoms with Gasteiger partial charge < -0.3 is 14.4 Å². The highest BCUT2D eigenvalue weighted by Crippen LogP contribution is 2.66. The number of aromatic nitrogens is 1. The molecule has 14 rings (SSSR count). The molecule has 0 N–H and O–H groups in total. The summed E-state index contributed by atoms with van der Waals surface area (Å²) >= 11 is 0. The van der Waals surface area contributed by atoms with Gasteiger partial charge in [0.15, 0.2) is 0 Å². The van der Waals surface area contributed by atoms with Crippen molar-refractivity contribution in [3.8, 4) is 27.9 Å². The van der Waals surface area contributed by atoms with Crippen LogP contribution >= 0.6 is 0 Å². The predicted octanol–water partition coefficient (Wildman–Crippen LogP) is 17.2. The summed E-state index contributed by atoms with van der Waals surface area (Å²) in [4.78, 5) is 4.93. The molecule has 318 valence electrons. The zero-order chi connectivity index (χ0) is 44.8. The van der Waals surface area contributed by atoms with Gasteiger partial charge in [0.25, 0.3) is 0 Å². The van der Waals surface area contributed by atoms with E-state index < -0.39 is 5.41 Å². The van der Waals surface area contributed by atoms with E-state index in [2.05, 4.69) is 275 Å². The van der Waals surface area contributed by atoms with E-state index in [9.17, 15) is 0 Å². The van der Waals surface area contributed by atoms with Crippen molar-refractivity contribution < 1.29 is 0 Å². The van der Waals surface area contributed by atoms with E-state index in [0.717, 1.165) is 45.3 Å². The molecule has 0 saturated carbocycles. The van der Waals surface area contributed by atoms with Crippen molar-refractivity contribution in [2.24, 2.45) is 0 Å². The summed E-state index contributed by atoms with van der Waals surface area (Å²) < 4.78 is 2.43. The minimum absolute atomic E-state index is 0.651. The van der Waals surface area contributed by atoms with Crippen LogP contribution in [-0.2, 0) is 5.41 Å². The topological polar surface area (TPSA) is 11.4 Å². The van der Waals surface area contributed by atoms with Gasteiger partial charge in [-0.3, -0.25) is 0 Å². The lowest BCUT2D eigenvalue weighted by Crippen LogP contribution is -2.28. The molecule has 12 aromatic rings. The Bertz CT molecular complexity index is 3880. The Morgan fingerprint density at radius 1 is 0.294 bits per heavy atom. The standard InChI is InChI=1S/C65H43N3/c1-4-21-46(22-5-1)66(47-23-6-2-7-24-47)50-37-39-54-52-27-12-15-31-58(52)65(60(54)42-50)59-32-16-13-28-53(59)57-30-18-34-62(64(57)65)67(49-36-35-44-19-10-11-20-45(44)41-49)51-38-40-56-55-29-14-17-33-61(55)68(63(56)43-51)48-25-8-3-9-26-48/h1-43H. The molecule has 3 heteroatoms. The SMILES string of the molecule is c1ccc(N(c2ccccc2)c2ccc3c(c2)C2(c4ccccc4-3)c3ccccc3-c3cccc(N(c4ccc5ccccc5c4)c4ccc5c6ccccc6n(-c6ccccc6)c5c4)c32)cc1. The van der Waals surface area contributed by atoms with Crippen molar-refractivity contribution in [2.75, 3.05) is 9.80 Å². The molecule has 0 fully saturated rings. The molecule has 0 amide bonds. The van der Waals surface area contributed by atoms with Gasteiger partial charge in [-0.2, -0.15) is 0 Å². The molecule has 1 aromatic heterocycles. The molecule has 0 bridgehead atoms. The summed E-state index contributed by atoms with van der Waals surface area (Å²) in [7, 11) is 0. The van der Waals surface area contributed by atoms with Gasteiger partial charge in [-0.05, 0) is 135 Å². The Morgan fingerprint density at radius 2 is 0.824 bits per heavy atom. The molecular formula is C65H43N3. The van der Waals surface area contributed by atoms with E-state index in [1.165, 1.54) is 71.6 Å². The second-order valence-electron chi connectivity index (χ2n) is 18.0. The van der Waals surface area contributed by atoms with E-state index in [1.807, 2.05) is 0 Å². The second-order valence-corrected chi connectivity index (χ2v) is 18.0. The van der Waals surface area contributed by atoms with E-state index in [4.69, 9.17) is 0 Å². The van der Waals surface area contributed by atoms with Gasteiger partial charge in [-0.1, -0.05) is 176 Å². The molecule has 1 spiro atoms. The number of hydrogen-bond acceptors (Lipinski definition) is 2. The third kappa shape index (κ3) is 5.54. The Balaban J connectivity index is 1.08. The van der Waals surface area contributed by atoms with Crippen molar-refractivity contribution in [3.63, 3.8) is 0 Å². The number of rotatable bonds is 7. The van der Waals surface area contributed by atoms with Crippen LogP contribution in [0.25, 0.3) is 60.5 Å². The Hall–Kier alpha value is -8.92. The van der Waals surface area contributed by atoms with Gasteiger partial charge in [0, 0.05) is 50.5 Å². The molecule has 0 aliphatic heterocycles. The number of benzene rings is 11. The maximum atomic E-state index is 2.54. The smallest absolute Gasteiger partial charge is 0.0746 e. The first-order chi connectivity index (χ1) is 33.8. The number of nitrogens with zero attached hydrogens (tertiary/aromatic N) is 3. The number of hydrogen-bond donors (Lipinski definition) is 0. The fourth-order valence-corrected chi connectivity index (χ4v) is 11.8. The molecule has 1 unspecified atom stereocenters. The summed E-state index contributed by atoms with van der Waals surface area (Å²) in [5.41, 5.74) is 19.7. The van der Waals surface area contributed by atoms with Gasteiger partial charge in [0.1, 0.15) is 0 Å². The molecule has 11 aromatic carbocycles. The zero-order valence-corrected chi connectivity index (χ0v) is 37.2. The van der Waals surface area contributed by atoms with Crippen LogP contribution in [0, 0.1) is 0 Å². The van der Waals surface area contributed by atoms with E-state index >= 15 is 0 Å². The summed E-state index contributed by atoms with van der Waals surface area (Å²) in [6.45, 7) is 0. The van der Waals surface area contributed by atoms with Gasteiger partial charge >= 0.3 is 0 Å². The lowest BCUT2D eigenvalue weighted by atomic mass is 9.69. The molecule has 0 saturated heterocycles. The van der Waals surface area contributed by atoms with Crippen LogP contribution in [0.15, 0.2) is 261 Å². The molecule has 2 aliphatic rings. The van der Waals surface area contributed by atoms with Crippen LogP contribution in [0.3, 0.4) is 0 Å². The molecule has 2 aliphatic carbocycles. The van der Waals surface area contributed by atoms with E-state index in [-0.39, 0.29) is 0 Å². The highest BCUT2D eigenvalue weighted by Gasteiger charge is 2.53. The van der Waals surface area contributed by atoms with E-state index in [0.29, 0.717) is 0 Å². The minimum Gasteiger partial charge on any atom is -0.310 e. The van der Waals surface area contributed by atoms with Crippen LogP contribution in [-0.4, -0.2) is 4.57 Å². The van der Waals surface area contributed by atoms with Crippen LogP contribution in [0.4, 0.5) is 34.1 Å². The van der Waals surface area contributed by atoms with Crippen LogP contribution in [0.2, 0.25) is 0 Å². The van der Waals surface area contributed by atoms with Crippen LogP contribution < -0.4 is 9.80 Å². The maximum absolute atomic E-state index is 2.54. The molecule has 1 atom stereocenters. The third-order valence-corrected chi connectivity index (χ3v) is 14.5. The molecule has 68 heavy (non-hydrogen) atoms. The van der Waals surface area contributed by atoms with Gasteiger partial charge in [0.05, 0.1) is 22.1 Å². The molecule has 3 nitrogen and oxygen atoms in total. The summed E-state index contributed by atoms with van der Waals surface area (Å²) in [5.74, 6) is 0. The Morgan fingerprint density at radius 3 is 1.57 bits per heavy atom. The zero-order valence-electron chi connectivity index (χ0n) is 37.2. The van der Waals surface area contributed by atoms with Crippen molar-refractivity contribution >= 4 is 66.7 Å². The van der Waals surface area contributed by atoms with Crippen molar-refractivity contribution in [1.29, 1.82) is 0 Å². The predicted molar refractivity (Wildman–Crippen MR) is 284 cm³/mol. The molecular weight excluding hydrogens is 823 g/mol. The fourth-order valence-electron chi connectivity index (χ4n) is 11.8. The maximum Gasteiger partial charge on any atom is 0.0746 e. The average Bonchev–Trinajstić information content (AvgIpc) is 4.01. The van der Waals surface area contributed by atoms with Gasteiger partial charge in [0.2, 0.25) is 0 Å². The average molecular weight is 866 g/mol. The van der Waals surface area contributed by atoms with Crippen LogP contribution in [0.5, 0.6) is 0 Å². The first-order valence-corrected chi connectivity index (χ1v) is 23.5. The monoisotopic (exact) mass is 865 g/mol. The summed E-state index contributed by atoms with van der Waals surface area (Å²) in [5, 5.41) is 4.87. The normalized spacial score (nSPS) is 14.2. The molecule has 1 heterocycles. The van der Waals surface area contributed by atoms with E-state index in [1.54, 1.807) is 0 Å². The van der Waals surface area contributed by atoms with Crippen molar-refractivity contribution in [2.45, 2.75) is 5.41 Å². The summed E-state index contributed by atoms with van der Waals surface area (Å²) in [6.07, 6.45) is 0.